The van der Waals surface area contributed by atoms with Crippen molar-refractivity contribution in [3.8, 4) is 5.75 Å². The minimum absolute atomic E-state index is 0.375. The number of anilines is 1. The van der Waals surface area contributed by atoms with Crippen molar-refractivity contribution in [2.45, 2.75) is 33.9 Å². The van der Waals surface area contributed by atoms with E-state index in [0.29, 0.717) is 24.0 Å². The smallest absolute Gasteiger partial charge is 0.164 e. The fraction of sp³-hybridized carbons (Fsp3) is 0.429. The van der Waals surface area contributed by atoms with Crippen molar-refractivity contribution in [2.75, 3.05) is 5.73 Å². The van der Waals surface area contributed by atoms with Crippen molar-refractivity contribution >= 4 is 5.69 Å². The Morgan fingerprint density at radius 2 is 2.16 bits per heavy atom. The Kier molecular flexibility index (Phi) is 4.04. The third-order valence-corrected chi connectivity index (χ3v) is 2.76. The van der Waals surface area contributed by atoms with Gasteiger partial charge >= 0.3 is 0 Å². The molecule has 1 aromatic heterocycles. The molecule has 1 aromatic carbocycles. The summed E-state index contributed by atoms with van der Waals surface area (Å²) in [6.45, 7) is 7.50. The zero-order chi connectivity index (χ0) is 13.8. The summed E-state index contributed by atoms with van der Waals surface area (Å²) >= 11 is 0. The number of nitrogens with zero attached hydrogens (tertiary/aromatic N) is 3. The Labute approximate surface area is 113 Å². The molecule has 1 heterocycles. The van der Waals surface area contributed by atoms with Gasteiger partial charge in [0.15, 0.2) is 5.82 Å². The quantitative estimate of drug-likeness (QED) is 0.838. The van der Waals surface area contributed by atoms with Gasteiger partial charge in [0.2, 0.25) is 0 Å². The van der Waals surface area contributed by atoms with Gasteiger partial charge in [0.1, 0.15) is 18.7 Å². The molecule has 0 unspecified atom stereocenters. The van der Waals surface area contributed by atoms with Crippen molar-refractivity contribution in [3.05, 3.63) is 35.9 Å². The number of benzene rings is 1. The van der Waals surface area contributed by atoms with Gasteiger partial charge in [-0.1, -0.05) is 19.9 Å². The van der Waals surface area contributed by atoms with Crippen molar-refractivity contribution in [1.82, 2.24) is 14.8 Å². The Balaban J connectivity index is 2.04. The summed E-state index contributed by atoms with van der Waals surface area (Å²) in [4.78, 5) is 4.22. The molecule has 19 heavy (non-hydrogen) atoms. The molecule has 2 aromatic rings. The summed E-state index contributed by atoms with van der Waals surface area (Å²) in [6, 6.07) is 5.76. The van der Waals surface area contributed by atoms with Gasteiger partial charge in [-0.3, -0.25) is 0 Å². The molecule has 0 saturated carbocycles. The van der Waals surface area contributed by atoms with E-state index in [2.05, 4.69) is 23.9 Å². The first kappa shape index (κ1) is 13.4. The third-order valence-electron chi connectivity index (χ3n) is 2.76. The zero-order valence-electron chi connectivity index (χ0n) is 11.6. The van der Waals surface area contributed by atoms with E-state index in [4.69, 9.17) is 10.5 Å². The summed E-state index contributed by atoms with van der Waals surface area (Å²) < 4.78 is 7.58. The molecular formula is C14H20N4O. The molecule has 5 nitrogen and oxygen atoms in total. The zero-order valence-corrected chi connectivity index (χ0v) is 11.6. The number of nitrogen functional groups attached to an aromatic ring is 1. The summed E-state index contributed by atoms with van der Waals surface area (Å²) in [7, 11) is 0. The third kappa shape index (κ3) is 3.47. The molecular weight excluding hydrogens is 240 g/mol. The molecule has 2 rings (SSSR count). The topological polar surface area (TPSA) is 66.0 Å². The Morgan fingerprint density at radius 1 is 1.37 bits per heavy atom. The van der Waals surface area contributed by atoms with Crippen LogP contribution in [0.1, 0.15) is 25.2 Å². The van der Waals surface area contributed by atoms with Gasteiger partial charge in [-0.2, -0.15) is 5.10 Å². The van der Waals surface area contributed by atoms with Crippen molar-refractivity contribution in [3.63, 3.8) is 0 Å². The lowest BCUT2D eigenvalue weighted by Gasteiger charge is -2.11. The monoisotopic (exact) mass is 260 g/mol. The van der Waals surface area contributed by atoms with Gasteiger partial charge in [-0.25, -0.2) is 9.67 Å². The van der Waals surface area contributed by atoms with Crippen LogP contribution in [-0.2, 0) is 13.2 Å². The summed E-state index contributed by atoms with van der Waals surface area (Å²) in [5.74, 6) is 2.02. The van der Waals surface area contributed by atoms with E-state index in [1.54, 1.807) is 6.33 Å². The highest BCUT2D eigenvalue weighted by Crippen LogP contribution is 2.22. The van der Waals surface area contributed by atoms with Gasteiger partial charge in [0.25, 0.3) is 0 Å². The minimum atomic E-state index is 0.375. The number of hydrogen-bond acceptors (Lipinski definition) is 4. The second-order valence-electron chi connectivity index (χ2n) is 5.08. The molecule has 102 valence electrons. The number of nitrogens with two attached hydrogens (primary N) is 1. The molecule has 2 N–H and O–H groups in total. The average Bonchev–Trinajstić information content (AvgIpc) is 2.74. The lowest BCUT2D eigenvalue weighted by atomic mass is 10.2. The van der Waals surface area contributed by atoms with Crippen LogP contribution in [0, 0.1) is 12.8 Å². The Hall–Kier alpha value is -2.04. The van der Waals surface area contributed by atoms with Crippen LogP contribution >= 0.6 is 0 Å². The van der Waals surface area contributed by atoms with Crippen molar-refractivity contribution in [1.29, 1.82) is 0 Å². The van der Waals surface area contributed by atoms with Crippen LogP contribution in [0.5, 0.6) is 5.75 Å². The van der Waals surface area contributed by atoms with E-state index in [0.717, 1.165) is 17.9 Å². The van der Waals surface area contributed by atoms with E-state index in [-0.39, 0.29) is 0 Å². The van der Waals surface area contributed by atoms with Gasteiger partial charge in [-0.05, 0) is 30.5 Å². The largest absolute Gasteiger partial charge is 0.483 e. The number of aryl methyl sites for hydroxylation is 1. The molecule has 0 atom stereocenters. The summed E-state index contributed by atoms with van der Waals surface area (Å²) in [5, 5.41) is 4.20. The van der Waals surface area contributed by atoms with Crippen molar-refractivity contribution in [2.24, 2.45) is 5.92 Å². The first-order valence-corrected chi connectivity index (χ1v) is 6.42. The number of ether oxygens (including phenoxy) is 1. The molecule has 5 heteroatoms. The Bertz CT molecular complexity index is 548. The molecule has 0 saturated heterocycles. The van der Waals surface area contributed by atoms with E-state index < -0.39 is 0 Å². The fourth-order valence-corrected chi connectivity index (χ4v) is 1.84. The lowest BCUT2D eigenvalue weighted by Crippen LogP contribution is -2.12. The average molecular weight is 260 g/mol. The van der Waals surface area contributed by atoms with Gasteiger partial charge in [0.05, 0.1) is 5.69 Å². The second kappa shape index (κ2) is 5.73. The van der Waals surface area contributed by atoms with Crippen LogP contribution in [-0.4, -0.2) is 14.8 Å². The molecule has 0 bridgehead atoms. The van der Waals surface area contributed by atoms with Gasteiger partial charge < -0.3 is 10.5 Å². The van der Waals surface area contributed by atoms with Crippen LogP contribution in [0.3, 0.4) is 0 Å². The molecule has 0 fully saturated rings. The van der Waals surface area contributed by atoms with Crippen LogP contribution in [0.15, 0.2) is 24.5 Å². The molecule has 0 amide bonds. The van der Waals surface area contributed by atoms with E-state index >= 15 is 0 Å². The predicted molar refractivity (Wildman–Crippen MR) is 74.8 cm³/mol. The highest BCUT2D eigenvalue weighted by molar-refractivity contribution is 5.53. The van der Waals surface area contributed by atoms with E-state index in [1.165, 1.54) is 0 Å². The fourth-order valence-electron chi connectivity index (χ4n) is 1.84. The van der Waals surface area contributed by atoms with E-state index in [1.807, 2.05) is 29.8 Å². The standard InChI is InChI=1S/C14H20N4O/c1-10(2)7-18-14(16-9-17-18)8-19-13-5-4-11(3)6-12(13)15/h4-6,9-10H,7-8,15H2,1-3H3. The maximum Gasteiger partial charge on any atom is 0.164 e. The highest BCUT2D eigenvalue weighted by atomic mass is 16.5. The van der Waals surface area contributed by atoms with Crippen LogP contribution < -0.4 is 10.5 Å². The maximum atomic E-state index is 5.91. The molecule has 0 aliphatic heterocycles. The first-order valence-electron chi connectivity index (χ1n) is 6.42. The molecule has 0 aliphatic rings. The summed E-state index contributed by atoms with van der Waals surface area (Å²) in [5.41, 5.74) is 7.68. The van der Waals surface area contributed by atoms with Gasteiger partial charge in [0, 0.05) is 6.54 Å². The highest BCUT2D eigenvalue weighted by Gasteiger charge is 2.08. The lowest BCUT2D eigenvalue weighted by molar-refractivity contribution is 0.284. The number of rotatable bonds is 5. The number of hydrogen-bond donors (Lipinski definition) is 1. The van der Waals surface area contributed by atoms with Gasteiger partial charge in [-0.15, -0.1) is 0 Å². The van der Waals surface area contributed by atoms with Crippen LogP contribution in [0.4, 0.5) is 5.69 Å². The van der Waals surface area contributed by atoms with Crippen molar-refractivity contribution < 1.29 is 4.74 Å². The molecule has 0 spiro atoms. The normalized spacial score (nSPS) is 10.9. The minimum Gasteiger partial charge on any atom is -0.483 e. The Morgan fingerprint density at radius 3 is 2.84 bits per heavy atom. The van der Waals surface area contributed by atoms with Crippen LogP contribution in [0.25, 0.3) is 0 Å². The summed E-state index contributed by atoms with van der Waals surface area (Å²) in [6.07, 6.45) is 1.56. The van der Waals surface area contributed by atoms with Crippen LogP contribution in [0.2, 0.25) is 0 Å². The molecule has 0 radical (unpaired) electrons. The first-order chi connectivity index (χ1) is 9.06. The number of aromatic nitrogens is 3. The van der Waals surface area contributed by atoms with E-state index in [9.17, 15) is 0 Å². The second-order valence-corrected chi connectivity index (χ2v) is 5.08. The molecule has 0 aliphatic carbocycles. The predicted octanol–water partition coefficient (Wildman–Crippen LogP) is 2.40. The SMILES string of the molecule is Cc1ccc(OCc2ncnn2CC(C)C)c(N)c1. The maximum absolute atomic E-state index is 5.91.